The van der Waals surface area contributed by atoms with Gasteiger partial charge in [0, 0.05) is 0 Å². The zero-order valence-corrected chi connectivity index (χ0v) is 12.7. The van der Waals surface area contributed by atoms with E-state index in [-0.39, 0.29) is 6.10 Å². The highest BCUT2D eigenvalue weighted by Crippen LogP contribution is 2.33. The first kappa shape index (κ1) is 15.3. The minimum absolute atomic E-state index is 0.181. The summed E-state index contributed by atoms with van der Waals surface area (Å²) in [7, 11) is -3.86. The van der Waals surface area contributed by atoms with Crippen LogP contribution in [0.5, 0.6) is 0 Å². The summed E-state index contributed by atoms with van der Waals surface area (Å²) in [6, 6.07) is 0. The van der Waals surface area contributed by atoms with Gasteiger partial charge < -0.3 is 4.74 Å². The monoisotopic (exact) mass is 290 g/mol. The van der Waals surface area contributed by atoms with Crippen LogP contribution in [0.1, 0.15) is 58.8 Å². The van der Waals surface area contributed by atoms with Crippen molar-refractivity contribution in [1.82, 2.24) is 0 Å². The Morgan fingerprint density at radius 2 is 1.42 bits per heavy atom. The van der Waals surface area contributed by atoms with Crippen LogP contribution in [0.4, 0.5) is 0 Å². The predicted molar refractivity (Wildman–Crippen MR) is 74.6 cm³/mol. The summed E-state index contributed by atoms with van der Waals surface area (Å²) in [5, 5.41) is -0.573. The van der Waals surface area contributed by atoms with E-state index in [9.17, 15) is 8.42 Å². The summed E-state index contributed by atoms with van der Waals surface area (Å²) < 4.78 is 37.4. The molecule has 0 saturated heterocycles. The van der Waals surface area contributed by atoms with Crippen molar-refractivity contribution in [3.63, 3.8) is 0 Å². The summed E-state index contributed by atoms with van der Waals surface area (Å²) in [6.07, 6.45) is 6.63. The van der Waals surface area contributed by atoms with Crippen LogP contribution in [0.2, 0.25) is 0 Å². The van der Waals surface area contributed by atoms with Crippen molar-refractivity contribution >= 4 is 10.1 Å². The molecule has 112 valence electrons. The Kier molecular flexibility index (Phi) is 4.90. The fraction of sp³-hybridized carbons (Fsp3) is 1.00. The Morgan fingerprint density at radius 1 is 0.895 bits per heavy atom. The second-order valence-corrected chi connectivity index (χ2v) is 8.29. The van der Waals surface area contributed by atoms with Crippen LogP contribution < -0.4 is 0 Å². The molecule has 2 aliphatic carbocycles. The van der Waals surface area contributed by atoms with Gasteiger partial charge in [0.1, 0.15) is 0 Å². The second-order valence-electron chi connectivity index (χ2n) is 6.59. The third-order valence-corrected chi connectivity index (χ3v) is 5.88. The lowest BCUT2D eigenvalue weighted by Gasteiger charge is -2.36. The quantitative estimate of drug-likeness (QED) is 0.811. The zero-order chi connectivity index (χ0) is 14.0. The van der Waals surface area contributed by atoms with Crippen LogP contribution in [-0.4, -0.2) is 30.4 Å². The summed E-state index contributed by atoms with van der Waals surface area (Å²) in [6.45, 7) is 4.56. The van der Waals surface area contributed by atoms with E-state index >= 15 is 0 Å². The van der Waals surface area contributed by atoms with Crippen molar-refractivity contribution in [2.24, 2.45) is 11.8 Å². The molecule has 0 bridgehead atoms. The van der Waals surface area contributed by atoms with E-state index < -0.39 is 15.4 Å². The molecule has 2 atom stereocenters. The van der Waals surface area contributed by atoms with Crippen LogP contribution in [0.25, 0.3) is 0 Å². The van der Waals surface area contributed by atoms with Crippen LogP contribution in [-0.2, 0) is 14.9 Å². The van der Waals surface area contributed by atoms with E-state index in [0.29, 0.717) is 18.9 Å². The van der Waals surface area contributed by atoms with E-state index in [0.717, 1.165) is 37.5 Å². The van der Waals surface area contributed by atoms with Gasteiger partial charge in [-0.15, -0.1) is 0 Å². The highest BCUT2D eigenvalue weighted by Gasteiger charge is 2.32. The lowest BCUT2D eigenvalue weighted by atomic mass is 9.81. The lowest BCUT2D eigenvalue weighted by Crippen LogP contribution is -2.34. The van der Waals surface area contributed by atoms with Crippen molar-refractivity contribution in [3.05, 3.63) is 0 Å². The Balaban J connectivity index is 1.79. The average molecular weight is 290 g/mol. The van der Waals surface area contributed by atoms with Gasteiger partial charge in [-0.25, -0.2) is 0 Å². The smallest absolute Gasteiger partial charge is 0.267 e. The maximum Gasteiger partial charge on any atom is 0.267 e. The van der Waals surface area contributed by atoms with Gasteiger partial charge >= 0.3 is 0 Å². The van der Waals surface area contributed by atoms with E-state index in [4.69, 9.17) is 9.29 Å². The van der Waals surface area contributed by atoms with Gasteiger partial charge in [0.2, 0.25) is 0 Å². The Hall–Kier alpha value is -0.130. The summed E-state index contributed by atoms with van der Waals surface area (Å²) in [5.74, 6) is 1.45. The van der Waals surface area contributed by atoms with Crippen molar-refractivity contribution < 1.29 is 17.7 Å². The minimum atomic E-state index is -3.86. The van der Waals surface area contributed by atoms with Crippen LogP contribution in [0.15, 0.2) is 0 Å². The Labute approximate surface area is 116 Å². The molecule has 2 fully saturated rings. The topological polar surface area (TPSA) is 63.6 Å². The van der Waals surface area contributed by atoms with E-state index in [1.807, 2.05) is 0 Å². The molecule has 0 aliphatic heterocycles. The van der Waals surface area contributed by atoms with Gasteiger partial charge in [0.15, 0.2) is 0 Å². The molecule has 0 aromatic carbocycles. The van der Waals surface area contributed by atoms with Gasteiger partial charge in [0.25, 0.3) is 10.1 Å². The van der Waals surface area contributed by atoms with Crippen LogP contribution in [0.3, 0.4) is 0 Å². The molecule has 5 heteroatoms. The molecule has 0 spiro atoms. The number of hydrogen-bond donors (Lipinski definition) is 1. The fourth-order valence-corrected chi connectivity index (χ4v) is 4.59. The van der Waals surface area contributed by atoms with Crippen molar-refractivity contribution in [2.45, 2.75) is 76.3 Å². The molecule has 0 radical (unpaired) electrons. The SMILES string of the molecule is CC1CC(C)CC(OC2CCC(S(=O)(=O)O)CC2)C1. The molecule has 0 amide bonds. The molecule has 0 aromatic heterocycles. The summed E-state index contributed by atoms with van der Waals surface area (Å²) in [5.41, 5.74) is 0. The molecular weight excluding hydrogens is 264 g/mol. The van der Waals surface area contributed by atoms with Crippen molar-refractivity contribution in [3.8, 4) is 0 Å². The second kappa shape index (κ2) is 6.10. The molecule has 0 aromatic rings. The third kappa shape index (κ3) is 4.43. The molecule has 2 rings (SSSR count). The number of rotatable bonds is 3. The Morgan fingerprint density at radius 3 is 1.89 bits per heavy atom. The van der Waals surface area contributed by atoms with Crippen LogP contribution in [0, 0.1) is 11.8 Å². The highest BCUT2D eigenvalue weighted by molar-refractivity contribution is 7.86. The van der Waals surface area contributed by atoms with E-state index in [1.54, 1.807) is 0 Å². The van der Waals surface area contributed by atoms with Crippen molar-refractivity contribution in [2.75, 3.05) is 0 Å². The van der Waals surface area contributed by atoms with Gasteiger partial charge in [0.05, 0.1) is 17.5 Å². The molecule has 0 heterocycles. The average Bonchev–Trinajstić information content (AvgIpc) is 2.26. The van der Waals surface area contributed by atoms with E-state index in [1.165, 1.54) is 6.42 Å². The molecule has 2 saturated carbocycles. The molecule has 2 aliphatic rings. The first-order valence-corrected chi connectivity index (χ1v) is 8.96. The number of hydrogen-bond acceptors (Lipinski definition) is 3. The van der Waals surface area contributed by atoms with Gasteiger partial charge in [-0.05, 0) is 56.8 Å². The largest absolute Gasteiger partial charge is 0.375 e. The summed E-state index contributed by atoms with van der Waals surface area (Å²) in [4.78, 5) is 0. The minimum Gasteiger partial charge on any atom is -0.375 e. The first-order valence-electron chi connectivity index (χ1n) is 7.46. The lowest BCUT2D eigenvalue weighted by molar-refractivity contribution is -0.0615. The Bertz CT molecular complexity index is 374. The number of ether oxygens (including phenoxy) is 1. The standard InChI is InChI=1S/C14H26O4S/c1-10-7-11(2)9-13(8-10)18-12-3-5-14(6-4-12)19(15,16)17/h10-14H,3-9H2,1-2H3,(H,15,16,17). The normalized spacial score (nSPS) is 41.1. The maximum atomic E-state index is 11.1. The maximum absolute atomic E-state index is 11.1. The third-order valence-electron chi connectivity index (χ3n) is 4.56. The first-order chi connectivity index (χ1) is 8.84. The van der Waals surface area contributed by atoms with Crippen molar-refractivity contribution in [1.29, 1.82) is 0 Å². The summed E-state index contributed by atoms with van der Waals surface area (Å²) >= 11 is 0. The predicted octanol–water partition coefficient (Wildman–Crippen LogP) is 3.03. The molecule has 1 N–H and O–H groups in total. The molecular formula is C14H26O4S. The van der Waals surface area contributed by atoms with Crippen LogP contribution >= 0.6 is 0 Å². The fourth-order valence-electron chi connectivity index (χ4n) is 3.72. The van der Waals surface area contributed by atoms with Gasteiger partial charge in [-0.1, -0.05) is 13.8 Å². The van der Waals surface area contributed by atoms with E-state index in [2.05, 4.69) is 13.8 Å². The van der Waals surface area contributed by atoms with Gasteiger partial charge in [-0.2, -0.15) is 8.42 Å². The molecule has 4 nitrogen and oxygen atoms in total. The molecule has 2 unspecified atom stereocenters. The highest BCUT2D eigenvalue weighted by atomic mass is 32.2. The van der Waals surface area contributed by atoms with Gasteiger partial charge in [-0.3, -0.25) is 4.55 Å². The molecule has 19 heavy (non-hydrogen) atoms. The zero-order valence-electron chi connectivity index (χ0n) is 11.9.